The van der Waals surface area contributed by atoms with Crippen LogP contribution in [0.5, 0.6) is 0 Å². The van der Waals surface area contributed by atoms with Crippen LogP contribution in [0.4, 0.5) is 4.39 Å². The molecule has 0 saturated heterocycles. The van der Waals surface area contributed by atoms with Crippen LogP contribution < -0.4 is 5.32 Å². The minimum absolute atomic E-state index is 0.0208. The molecule has 0 aliphatic carbocycles. The summed E-state index contributed by atoms with van der Waals surface area (Å²) in [7, 11) is 0. The van der Waals surface area contributed by atoms with Crippen LogP contribution in [0.2, 0.25) is 10.0 Å². The summed E-state index contributed by atoms with van der Waals surface area (Å²) < 4.78 is 13.5. The third-order valence-corrected chi connectivity index (χ3v) is 3.70. The van der Waals surface area contributed by atoms with E-state index in [-0.39, 0.29) is 17.7 Å². The molecule has 0 radical (unpaired) electrons. The van der Waals surface area contributed by atoms with Gasteiger partial charge in [0.2, 0.25) is 0 Å². The Morgan fingerprint density at radius 1 is 1.39 bits per heavy atom. The molecule has 0 saturated carbocycles. The van der Waals surface area contributed by atoms with Gasteiger partial charge in [0.05, 0.1) is 17.2 Å². The van der Waals surface area contributed by atoms with Crippen LogP contribution in [0.15, 0.2) is 12.1 Å². The molecule has 1 aromatic carbocycles. The first-order valence-electron chi connectivity index (χ1n) is 5.87. The smallest absolute Gasteiger partial charge is 0.142 e. The molecular formula is C13H18Cl2FNO. The molecule has 1 rings (SSSR count). The largest absolute Gasteiger partial charge is 0.394 e. The summed E-state index contributed by atoms with van der Waals surface area (Å²) in [4.78, 5) is 0. The number of rotatable bonds is 5. The van der Waals surface area contributed by atoms with E-state index in [0.717, 1.165) is 6.42 Å². The minimum Gasteiger partial charge on any atom is -0.394 e. The summed E-state index contributed by atoms with van der Waals surface area (Å²) in [6, 6.07) is 2.81. The van der Waals surface area contributed by atoms with E-state index in [1.165, 1.54) is 12.1 Å². The quantitative estimate of drug-likeness (QED) is 0.811. The van der Waals surface area contributed by atoms with Crippen LogP contribution in [0.25, 0.3) is 0 Å². The van der Waals surface area contributed by atoms with Gasteiger partial charge in [0, 0.05) is 11.1 Å². The first-order chi connectivity index (χ1) is 8.34. The molecule has 0 spiro atoms. The summed E-state index contributed by atoms with van der Waals surface area (Å²) in [5.41, 5.74) is -0.286. The summed E-state index contributed by atoms with van der Waals surface area (Å²) in [5.74, 6) is -0.540. The predicted molar refractivity (Wildman–Crippen MR) is 73.7 cm³/mol. The van der Waals surface area contributed by atoms with Crippen LogP contribution in [0, 0.1) is 5.82 Å². The highest BCUT2D eigenvalue weighted by Crippen LogP contribution is 2.32. The average Bonchev–Trinajstić information content (AvgIpc) is 2.33. The van der Waals surface area contributed by atoms with E-state index in [4.69, 9.17) is 23.2 Å². The standard InChI is InChI=1S/C13H18Cl2FNO/c1-4-8(2)17-13(3,7-18)9-5-12(16)11(15)6-10(9)14/h5-6,8,17-18H,4,7H2,1-3H3. The van der Waals surface area contributed by atoms with E-state index < -0.39 is 11.4 Å². The van der Waals surface area contributed by atoms with E-state index in [2.05, 4.69) is 5.32 Å². The van der Waals surface area contributed by atoms with Crippen molar-refractivity contribution in [3.63, 3.8) is 0 Å². The monoisotopic (exact) mass is 293 g/mol. The van der Waals surface area contributed by atoms with Gasteiger partial charge in [-0.15, -0.1) is 0 Å². The Bertz CT molecular complexity index is 428. The van der Waals surface area contributed by atoms with Crippen molar-refractivity contribution >= 4 is 23.2 Å². The lowest BCUT2D eigenvalue weighted by atomic mass is 9.91. The van der Waals surface area contributed by atoms with Crippen LogP contribution in [-0.4, -0.2) is 17.8 Å². The number of aliphatic hydroxyl groups excluding tert-OH is 1. The molecular weight excluding hydrogens is 276 g/mol. The second-order valence-electron chi connectivity index (χ2n) is 4.69. The highest BCUT2D eigenvalue weighted by Gasteiger charge is 2.30. The molecule has 102 valence electrons. The van der Waals surface area contributed by atoms with E-state index in [0.29, 0.717) is 10.6 Å². The fourth-order valence-electron chi connectivity index (χ4n) is 1.80. The highest BCUT2D eigenvalue weighted by atomic mass is 35.5. The van der Waals surface area contributed by atoms with Crippen molar-refractivity contribution < 1.29 is 9.50 Å². The molecule has 0 fully saturated rings. The fraction of sp³-hybridized carbons (Fsp3) is 0.538. The fourth-order valence-corrected chi connectivity index (χ4v) is 2.39. The van der Waals surface area contributed by atoms with Crippen LogP contribution in [0.1, 0.15) is 32.8 Å². The second-order valence-corrected chi connectivity index (χ2v) is 5.50. The van der Waals surface area contributed by atoms with Crippen molar-refractivity contribution in [2.45, 2.75) is 38.8 Å². The molecule has 1 aromatic rings. The van der Waals surface area contributed by atoms with Gasteiger partial charge in [-0.3, -0.25) is 0 Å². The number of benzene rings is 1. The molecule has 0 heterocycles. The molecule has 0 aliphatic heterocycles. The average molecular weight is 294 g/mol. The Labute approximate surface area is 117 Å². The molecule has 18 heavy (non-hydrogen) atoms. The van der Waals surface area contributed by atoms with E-state index in [1.807, 2.05) is 13.8 Å². The lowest BCUT2D eigenvalue weighted by molar-refractivity contribution is 0.162. The van der Waals surface area contributed by atoms with Gasteiger partial charge in [-0.2, -0.15) is 0 Å². The summed E-state index contributed by atoms with van der Waals surface area (Å²) in [6.07, 6.45) is 0.892. The first kappa shape index (κ1) is 15.7. The Kier molecular flexibility index (Phi) is 5.41. The number of hydrogen-bond acceptors (Lipinski definition) is 2. The SMILES string of the molecule is CCC(C)NC(C)(CO)c1cc(F)c(Cl)cc1Cl. The van der Waals surface area contributed by atoms with Gasteiger partial charge in [-0.05, 0) is 38.0 Å². The van der Waals surface area contributed by atoms with E-state index >= 15 is 0 Å². The summed E-state index contributed by atoms with van der Waals surface area (Å²) >= 11 is 11.8. The Morgan fingerprint density at radius 3 is 2.50 bits per heavy atom. The van der Waals surface area contributed by atoms with Gasteiger partial charge < -0.3 is 10.4 Å². The number of nitrogens with one attached hydrogen (secondary N) is 1. The predicted octanol–water partition coefficient (Wildman–Crippen LogP) is 3.73. The molecule has 0 bridgehead atoms. The van der Waals surface area contributed by atoms with Gasteiger partial charge in [0.25, 0.3) is 0 Å². The van der Waals surface area contributed by atoms with Gasteiger partial charge in [-0.25, -0.2) is 4.39 Å². The molecule has 0 aliphatic rings. The lowest BCUT2D eigenvalue weighted by Gasteiger charge is -2.33. The molecule has 0 amide bonds. The van der Waals surface area contributed by atoms with Crippen molar-refractivity contribution in [1.29, 1.82) is 0 Å². The zero-order valence-electron chi connectivity index (χ0n) is 10.7. The van der Waals surface area contributed by atoms with Crippen LogP contribution >= 0.6 is 23.2 Å². The Morgan fingerprint density at radius 2 is 2.00 bits per heavy atom. The summed E-state index contributed by atoms with van der Waals surface area (Å²) in [5, 5.41) is 13.2. The maximum atomic E-state index is 13.5. The zero-order valence-corrected chi connectivity index (χ0v) is 12.2. The van der Waals surface area contributed by atoms with Gasteiger partial charge in [-0.1, -0.05) is 30.1 Å². The maximum absolute atomic E-state index is 13.5. The van der Waals surface area contributed by atoms with E-state index in [9.17, 15) is 9.50 Å². The normalized spacial score (nSPS) is 16.4. The maximum Gasteiger partial charge on any atom is 0.142 e. The Hall–Kier alpha value is -0.350. The topological polar surface area (TPSA) is 32.3 Å². The van der Waals surface area contributed by atoms with Crippen molar-refractivity contribution in [2.75, 3.05) is 6.61 Å². The highest BCUT2D eigenvalue weighted by molar-refractivity contribution is 6.35. The first-order valence-corrected chi connectivity index (χ1v) is 6.63. The minimum atomic E-state index is -0.794. The number of aliphatic hydroxyl groups is 1. The third kappa shape index (κ3) is 3.35. The van der Waals surface area contributed by atoms with Gasteiger partial charge >= 0.3 is 0 Å². The van der Waals surface area contributed by atoms with Crippen molar-refractivity contribution in [3.05, 3.63) is 33.6 Å². The lowest BCUT2D eigenvalue weighted by Crippen LogP contribution is -2.47. The van der Waals surface area contributed by atoms with E-state index in [1.54, 1.807) is 6.92 Å². The molecule has 2 N–H and O–H groups in total. The van der Waals surface area contributed by atoms with Gasteiger partial charge in [0.15, 0.2) is 0 Å². The number of hydrogen-bond donors (Lipinski definition) is 2. The second kappa shape index (κ2) is 6.20. The van der Waals surface area contributed by atoms with Crippen LogP contribution in [-0.2, 0) is 5.54 Å². The molecule has 0 aromatic heterocycles. The molecule has 2 unspecified atom stereocenters. The molecule has 2 nitrogen and oxygen atoms in total. The molecule has 5 heteroatoms. The summed E-state index contributed by atoms with van der Waals surface area (Å²) in [6.45, 7) is 5.62. The van der Waals surface area contributed by atoms with Crippen molar-refractivity contribution in [1.82, 2.24) is 5.32 Å². The number of halogens is 3. The van der Waals surface area contributed by atoms with Crippen molar-refractivity contribution in [2.24, 2.45) is 0 Å². The van der Waals surface area contributed by atoms with Crippen molar-refractivity contribution in [3.8, 4) is 0 Å². The van der Waals surface area contributed by atoms with Crippen LogP contribution in [0.3, 0.4) is 0 Å². The third-order valence-electron chi connectivity index (χ3n) is 3.10. The Balaban J connectivity index is 3.19. The van der Waals surface area contributed by atoms with Gasteiger partial charge in [0.1, 0.15) is 5.82 Å². The molecule has 2 atom stereocenters. The zero-order chi connectivity index (χ0) is 13.9.